The number of hydrogen-bond donors (Lipinski definition) is 1. The van der Waals surface area contributed by atoms with E-state index in [0.717, 1.165) is 39.3 Å². The lowest BCUT2D eigenvalue weighted by Crippen LogP contribution is -2.37. The molecule has 1 N–H and O–H groups in total. The third-order valence-corrected chi connectivity index (χ3v) is 5.14. The molecule has 2 bridgehead atoms. The van der Waals surface area contributed by atoms with E-state index in [0.29, 0.717) is 85.9 Å². The SMILES string of the molecule is OCC1COCCN2CCOCCOCCOCCN(CCOCCOCC2)CCO1. The first-order valence-corrected chi connectivity index (χ1v) is 11.5. The van der Waals surface area contributed by atoms with Crippen LogP contribution in [0.5, 0.6) is 0 Å². The summed E-state index contributed by atoms with van der Waals surface area (Å²) in [6, 6.07) is 0. The van der Waals surface area contributed by atoms with E-state index in [9.17, 15) is 5.11 Å². The first-order valence-electron chi connectivity index (χ1n) is 11.5. The highest BCUT2D eigenvalue weighted by molar-refractivity contribution is 4.62. The van der Waals surface area contributed by atoms with Crippen LogP contribution in [0.2, 0.25) is 0 Å². The van der Waals surface area contributed by atoms with Gasteiger partial charge < -0.3 is 38.3 Å². The smallest absolute Gasteiger partial charge is 0.104 e. The lowest BCUT2D eigenvalue weighted by atomic mass is 10.4. The number of ether oxygens (including phenoxy) is 7. The summed E-state index contributed by atoms with van der Waals surface area (Å²) in [6.45, 7) is 12.0. The van der Waals surface area contributed by atoms with Gasteiger partial charge in [-0.3, -0.25) is 9.80 Å². The highest BCUT2D eigenvalue weighted by Crippen LogP contribution is 1.99. The molecule has 3 unspecified atom stereocenters. The molecule has 3 aliphatic heterocycles. The van der Waals surface area contributed by atoms with Crippen LogP contribution in [0.4, 0.5) is 0 Å². The average Bonchev–Trinajstić information content (AvgIpc) is 2.78. The Bertz CT molecular complexity index is 404. The zero-order valence-electron chi connectivity index (χ0n) is 18.9. The van der Waals surface area contributed by atoms with Gasteiger partial charge in [0.25, 0.3) is 0 Å². The normalized spacial score (nSPS) is 31.1. The fourth-order valence-electron chi connectivity index (χ4n) is 3.22. The highest BCUT2D eigenvalue weighted by Gasteiger charge is 2.12. The van der Waals surface area contributed by atoms with Crippen molar-refractivity contribution in [2.24, 2.45) is 0 Å². The summed E-state index contributed by atoms with van der Waals surface area (Å²) in [5, 5.41) is 9.60. The minimum Gasteiger partial charge on any atom is -0.394 e. The monoisotopic (exact) mass is 450 g/mol. The quantitative estimate of drug-likeness (QED) is 0.507. The van der Waals surface area contributed by atoms with Crippen molar-refractivity contribution in [3.05, 3.63) is 0 Å². The molecule has 3 atom stereocenters. The zero-order chi connectivity index (χ0) is 21.8. The van der Waals surface area contributed by atoms with Gasteiger partial charge in [-0.25, -0.2) is 0 Å². The van der Waals surface area contributed by atoms with Crippen LogP contribution in [0.1, 0.15) is 0 Å². The summed E-state index contributed by atoms with van der Waals surface area (Å²) in [7, 11) is 0. The van der Waals surface area contributed by atoms with Crippen molar-refractivity contribution in [3.8, 4) is 0 Å². The summed E-state index contributed by atoms with van der Waals surface area (Å²) in [5.74, 6) is 0. The summed E-state index contributed by atoms with van der Waals surface area (Å²) < 4.78 is 40.0. The summed E-state index contributed by atoms with van der Waals surface area (Å²) in [4.78, 5) is 4.50. The molecule has 0 radical (unpaired) electrons. The Hall–Kier alpha value is -0.400. The molecule has 3 aliphatic rings. The fourth-order valence-corrected chi connectivity index (χ4v) is 3.22. The van der Waals surface area contributed by atoms with Crippen molar-refractivity contribution in [1.82, 2.24) is 9.80 Å². The number of fused-ring (bicyclic) bond motifs is 24. The molecule has 3 fully saturated rings. The summed E-state index contributed by atoms with van der Waals surface area (Å²) >= 11 is 0. The Morgan fingerprint density at radius 3 is 1.26 bits per heavy atom. The van der Waals surface area contributed by atoms with Crippen molar-refractivity contribution < 1.29 is 38.3 Å². The van der Waals surface area contributed by atoms with Crippen LogP contribution < -0.4 is 0 Å². The van der Waals surface area contributed by atoms with Crippen molar-refractivity contribution in [3.63, 3.8) is 0 Å². The minimum absolute atomic E-state index is 0.0579. The zero-order valence-corrected chi connectivity index (χ0v) is 18.9. The van der Waals surface area contributed by atoms with E-state index >= 15 is 0 Å². The van der Waals surface area contributed by atoms with Crippen LogP contribution in [0.15, 0.2) is 0 Å². The largest absolute Gasteiger partial charge is 0.394 e. The molecule has 10 nitrogen and oxygen atoms in total. The van der Waals surface area contributed by atoms with Gasteiger partial charge in [-0.15, -0.1) is 0 Å². The Morgan fingerprint density at radius 1 is 0.484 bits per heavy atom. The van der Waals surface area contributed by atoms with Gasteiger partial charge in [-0.2, -0.15) is 0 Å². The van der Waals surface area contributed by atoms with E-state index in [-0.39, 0.29) is 12.7 Å². The third kappa shape index (κ3) is 14.4. The van der Waals surface area contributed by atoms with E-state index in [4.69, 9.17) is 33.2 Å². The number of rotatable bonds is 1. The topological polar surface area (TPSA) is 91.3 Å². The predicted octanol–water partition coefficient (Wildman–Crippen LogP) is -0.905. The van der Waals surface area contributed by atoms with Gasteiger partial charge in [0.05, 0.1) is 92.5 Å². The second-order valence-corrected chi connectivity index (χ2v) is 7.50. The molecule has 0 saturated carbocycles. The second kappa shape index (κ2) is 19.1. The first-order chi connectivity index (χ1) is 15.4. The number of hydrogen-bond acceptors (Lipinski definition) is 10. The molecule has 184 valence electrons. The van der Waals surface area contributed by atoms with Crippen LogP contribution in [0.25, 0.3) is 0 Å². The maximum Gasteiger partial charge on any atom is 0.104 e. The maximum absolute atomic E-state index is 9.60. The number of aliphatic hydroxyl groups is 1. The molecular formula is C21H42N2O8. The van der Waals surface area contributed by atoms with Gasteiger partial charge in [0, 0.05) is 39.3 Å². The molecule has 0 aromatic carbocycles. The van der Waals surface area contributed by atoms with Crippen LogP contribution in [-0.2, 0) is 33.2 Å². The molecule has 10 heteroatoms. The van der Waals surface area contributed by atoms with Gasteiger partial charge >= 0.3 is 0 Å². The molecule has 31 heavy (non-hydrogen) atoms. The van der Waals surface area contributed by atoms with Crippen LogP contribution >= 0.6 is 0 Å². The highest BCUT2D eigenvalue weighted by atomic mass is 16.5. The van der Waals surface area contributed by atoms with Gasteiger partial charge in [0.2, 0.25) is 0 Å². The van der Waals surface area contributed by atoms with Gasteiger partial charge in [-0.05, 0) is 0 Å². The predicted molar refractivity (Wildman–Crippen MR) is 115 cm³/mol. The lowest BCUT2D eigenvalue weighted by Gasteiger charge is -2.25. The second-order valence-electron chi connectivity index (χ2n) is 7.50. The van der Waals surface area contributed by atoms with E-state index in [1.165, 1.54) is 0 Å². The molecule has 0 aliphatic carbocycles. The Morgan fingerprint density at radius 2 is 0.839 bits per heavy atom. The summed E-state index contributed by atoms with van der Waals surface area (Å²) in [6.07, 6.45) is -0.320. The Kier molecular flexibility index (Phi) is 16.5. The Balaban J connectivity index is 1.93. The van der Waals surface area contributed by atoms with Crippen LogP contribution in [0.3, 0.4) is 0 Å². The minimum atomic E-state index is -0.320. The molecular weight excluding hydrogens is 408 g/mol. The molecule has 0 amide bonds. The number of aliphatic hydroxyl groups excluding tert-OH is 1. The third-order valence-electron chi connectivity index (χ3n) is 5.14. The average molecular weight is 451 g/mol. The van der Waals surface area contributed by atoms with Crippen molar-refractivity contribution in [2.45, 2.75) is 6.10 Å². The molecule has 3 rings (SSSR count). The number of nitrogens with zero attached hydrogens (tertiary/aromatic N) is 2. The molecule has 3 saturated heterocycles. The van der Waals surface area contributed by atoms with Gasteiger partial charge in [0.15, 0.2) is 0 Å². The van der Waals surface area contributed by atoms with Crippen molar-refractivity contribution in [1.29, 1.82) is 0 Å². The fraction of sp³-hybridized carbons (Fsp3) is 1.00. The molecule has 0 aromatic heterocycles. The lowest BCUT2D eigenvalue weighted by molar-refractivity contribution is -0.0543. The first kappa shape index (κ1) is 26.8. The van der Waals surface area contributed by atoms with Crippen molar-refractivity contribution in [2.75, 3.05) is 132 Å². The Labute approximate surface area is 186 Å². The van der Waals surface area contributed by atoms with E-state index in [1.54, 1.807) is 0 Å². The van der Waals surface area contributed by atoms with Crippen LogP contribution in [-0.4, -0.2) is 153 Å². The standard InChI is InChI=1S/C21H42N2O8/c24-19-21-20-30-11-5-22-1-7-25-13-14-26-9-3-23(6-12-31-21)4-10-28-16-18-29-17-15-27-8-2-22/h21,24H,1-20H2. The maximum atomic E-state index is 9.60. The summed E-state index contributed by atoms with van der Waals surface area (Å²) in [5.41, 5.74) is 0. The van der Waals surface area contributed by atoms with Crippen molar-refractivity contribution >= 4 is 0 Å². The van der Waals surface area contributed by atoms with Gasteiger partial charge in [-0.1, -0.05) is 0 Å². The van der Waals surface area contributed by atoms with E-state index in [1.807, 2.05) is 0 Å². The molecule has 0 aromatic rings. The van der Waals surface area contributed by atoms with Crippen LogP contribution in [0, 0.1) is 0 Å². The van der Waals surface area contributed by atoms with E-state index in [2.05, 4.69) is 9.80 Å². The molecule has 3 heterocycles. The van der Waals surface area contributed by atoms with Gasteiger partial charge in [0.1, 0.15) is 6.10 Å². The molecule has 0 spiro atoms. The van der Waals surface area contributed by atoms with E-state index < -0.39 is 0 Å².